The first-order valence-electron chi connectivity index (χ1n) is 5.77. The summed E-state index contributed by atoms with van der Waals surface area (Å²) in [7, 11) is 1.35. The molecule has 1 aliphatic heterocycles. The summed E-state index contributed by atoms with van der Waals surface area (Å²) in [6, 6.07) is 3.54. The van der Waals surface area contributed by atoms with Crippen LogP contribution in [0.15, 0.2) is 18.3 Å². The fourth-order valence-electron chi connectivity index (χ4n) is 2.13. The molecule has 3 rings (SSSR count). The summed E-state index contributed by atoms with van der Waals surface area (Å²) in [6.45, 7) is 1.76. The molecule has 18 heavy (non-hydrogen) atoms. The molecule has 94 valence electrons. The summed E-state index contributed by atoms with van der Waals surface area (Å²) in [4.78, 5) is 16.1. The number of methoxy groups -OCH3 is 1. The van der Waals surface area contributed by atoms with Crippen molar-refractivity contribution in [3.8, 4) is 0 Å². The highest BCUT2D eigenvalue weighted by molar-refractivity contribution is 5.95. The molecule has 1 saturated heterocycles. The fourth-order valence-corrected chi connectivity index (χ4v) is 2.13. The van der Waals surface area contributed by atoms with Crippen molar-refractivity contribution >= 4 is 17.2 Å². The number of nitrogens with one attached hydrogen (secondary N) is 1. The Hall–Kier alpha value is -2.08. The second-order valence-corrected chi connectivity index (χ2v) is 4.38. The van der Waals surface area contributed by atoms with Crippen molar-refractivity contribution in [1.29, 1.82) is 0 Å². The highest BCUT2D eigenvalue weighted by atomic mass is 16.5. The third-order valence-electron chi connectivity index (χ3n) is 3.22. The van der Waals surface area contributed by atoms with Gasteiger partial charge in [-0.25, -0.2) is 9.78 Å². The van der Waals surface area contributed by atoms with Gasteiger partial charge < -0.3 is 20.2 Å². The summed E-state index contributed by atoms with van der Waals surface area (Å²) in [5.74, 6) is 0.778. The predicted octanol–water partition coefficient (Wildman–Crippen LogP) is 0.390. The van der Waals surface area contributed by atoms with Gasteiger partial charge in [0, 0.05) is 30.9 Å². The maximum Gasteiger partial charge on any atom is 0.358 e. The zero-order valence-corrected chi connectivity index (χ0v) is 10.0. The Bertz CT molecular complexity index is 616. The number of pyridine rings is 1. The van der Waals surface area contributed by atoms with E-state index in [9.17, 15) is 4.79 Å². The number of ether oxygens (including phenoxy) is 1. The topological polar surface area (TPSA) is 81.6 Å². The number of hydrogen-bond acceptors (Lipinski definition) is 5. The van der Waals surface area contributed by atoms with Gasteiger partial charge in [0.25, 0.3) is 0 Å². The average molecular weight is 246 g/mol. The number of hydrogen-bond donors (Lipinski definition) is 2. The third kappa shape index (κ3) is 1.53. The van der Waals surface area contributed by atoms with Crippen molar-refractivity contribution in [3.05, 3.63) is 29.8 Å². The highest BCUT2D eigenvalue weighted by Gasteiger charge is 2.27. The standard InChI is InChI=1S/C12H14N4O2/c1-18-12(17)10-9-4-8(13)2-3-16(9)11(15-10)7-5-14-6-7/h2-4,7,14H,5-6,13H2,1H3. The molecule has 1 aliphatic rings. The molecule has 1 fully saturated rings. The molecule has 0 aliphatic carbocycles. The van der Waals surface area contributed by atoms with Crippen LogP contribution in [-0.4, -0.2) is 35.6 Å². The Balaban J connectivity index is 2.21. The maximum absolute atomic E-state index is 11.7. The second kappa shape index (κ2) is 3.99. The smallest absolute Gasteiger partial charge is 0.358 e. The van der Waals surface area contributed by atoms with Crippen LogP contribution in [0.2, 0.25) is 0 Å². The van der Waals surface area contributed by atoms with Crippen molar-refractivity contribution in [2.24, 2.45) is 0 Å². The van der Waals surface area contributed by atoms with Gasteiger partial charge in [0.15, 0.2) is 5.69 Å². The number of imidazole rings is 1. The van der Waals surface area contributed by atoms with E-state index in [1.54, 1.807) is 12.1 Å². The number of nitrogens with zero attached hydrogens (tertiary/aromatic N) is 2. The summed E-state index contributed by atoms with van der Waals surface area (Å²) >= 11 is 0. The Kier molecular flexibility index (Phi) is 2.45. The van der Waals surface area contributed by atoms with Crippen LogP contribution >= 0.6 is 0 Å². The largest absolute Gasteiger partial charge is 0.464 e. The van der Waals surface area contributed by atoms with Crippen molar-refractivity contribution < 1.29 is 9.53 Å². The summed E-state index contributed by atoms with van der Waals surface area (Å²) in [6.07, 6.45) is 1.84. The van der Waals surface area contributed by atoms with Gasteiger partial charge in [-0.05, 0) is 12.1 Å². The Morgan fingerprint density at radius 1 is 1.61 bits per heavy atom. The molecule has 0 atom stereocenters. The molecule has 2 aromatic rings. The van der Waals surface area contributed by atoms with E-state index in [2.05, 4.69) is 10.3 Å². The number of aromatic nitrogens is 2. The third-order valence-corrected chi connectivity index (χ3v) is 3.22. The van der Waals surface area contributed by atoms with Crippen LogP contribution < -0.4 is 11.1 Å². The first-order valence-corrected chi connectivity index (χ1v) is 5.77. The lowest BCUT2D eigenvalue weighted by molar-refractivity contribution is 0.0596. The van der Waals surface area contributed by atoms with Crippen LogP contribution in [0.1, 0.15) is 22.2 Å². The zero-order valence-electron chi connectivity index (χ0n) is 10.0. The van der Waals surface area contributed by atoms with Gasteiger partial charge in [-0.2, -0.15) is 0 Å². The van der Waals surface area contributed by atoms with Gasteiger partial charge in [-0.1, -0.05) is 0 Å². The summed E-state index contributed by atoms with van der Waals surface area (Å²) < 4.78 is 6.67. The molecular formula is C12H14N4O2. The van der Waals surface area contributed by atoms with Crippen molar-refractivity contribution in [3.63, 3.8) is 0 Å². The molecule has 0 aromatic carbocycles. The fraction of sp³-hybridized carbons (Fsp3) is 0.333. The number of nitrogen functional groups attached to an aromatic ring is 1. The van der Waals surface area contributed by atoms with Crippen molar-refractivity contribution in [2.75, 3.05) is 25.9 Å². The van der Waals surface area contributed by atoms with E-state index in [1.807, 2.05) is 10.6 Å². The Labute approximate surface area is 104 Å². The highest BCUT2D eigenvalue weighted by Crippen LogP contribution is 2.24. The molecule has 0 spiro atoms. The molecule has 0 amide bonds. The molecule has 3 N–H and O–H groups in total. The summed E-state index contributed by atoms with van der Waals surface area (Å²) in [5, 5.41) is 3.19. The monoisotopic (exact) mass is 246 g/mol. The lowest BCUT2D eigenvalue weighted by Gasteiger charge is -2.25. The predicted molar refractivity (Wildman–Crippen MR) is 66.6 cm³/mol. The van der Waals surface area contributed by atoms with Crippen molar-refractivity contribution in [2.45, 2.75) is 5.92 Å². The molecule has 2 aromatic heterocycles. The van der Waals surface area contributed by atoms with E-state index in [0.29, 0.717) is 22.8 Å². The normalized spacial score (nSPS) is 15.6. The van der Waals surface area contributed by atoms with E-state index in [1.165, 1.54) is 7.11 Å². The van der Waals surface area contributed by atoms with E-state index in [0.717, 1.165) is 18.9 Å². The molecule has 0 radical (unpaired) electrons. The first-order chi connectivity index (χ1) is 8.70. The number of anilines is 1. The molecule has 6 heteroatoms. The quantitative estimate of drug-likeness (QED) is 0.749. The SMILES string of the molecule is COC(=O)c1nc(C2CNC2)n2ccc(N)cc12. The van der Waals surface area contributed by atoms with Crippen LogP contribution in [0.4, 0.5) is 5.69 Å². The lowest BCUT2D eigenvalue weighted by atomic mass is 10.0. The van der Waals surface area contributed by atoms with Gasteiger partial charge >= 0.3 is 5.97 Å². The minimum Gasteiger partial charge on any atom is -0.464 e. The summed E-state index contributed by atoms with van der Waals surface area (Å²) in [5.41, 5.74) is 7.39. The maximum atomic E-state index is 11.7. The van der Waals surface area contributed by atoms with Crippen LogP contribution in [0.5, 0.6) is 0 Å². The Morgan fingerprint density at radius 3 is 3.00 bits per heavy atom. The van der Waals surface area contributed by atoms with Gasteiger partial charge in [0.2, 0.25) is 0 Å². The van der Waals surface area contributed by atoms with Crippen LogP contribution in [-0.2, 0) is 4.74 Å². The van der Waals surface area contributed by atoms with E-state index in [-0.39, 0.29) is 0 Å². The molecule has 0 bridgehead atoms. The minimum absolute atomic E-state index is 0.326. The number of nitrogens with two attached hydrogens (primary N) is 1. The second-order valence-electron chi connectivity index (χ2n) is 4.38. The number of carbonyl (C=O) groups excluding carboxylic acids is 1. The van der Waals surface area contributed by atoms with E-state index < -0.39 is 5.97 Å². The Morgan fingerprint density at radius 2 is 2.39 bits per heavy atom. The van der Waals surface area contributed by atoms with Crippen LogP contribution in [0.3, 0.4) is 0 Å². The number of carbonyl (C=O) groups is 1. The first kappa shape index (κ1) is 11.0. The van der Waals surface area contributed by atoms with Gasteiger partial charge in [-0.3, -0.25) is 0 Å². The van der Waals surface area contributed by atoms with Crippen molar-refractivity contribution in [1.82, 2.24) is 14.7 Å². The minimum atomic E-state index is -0.434. The molecule has 0 unspecified atom stereocenters. The van der Waals surface area contributed by atoms with Gasteiger partial charge in [0.05, 0.1) is 12.6 Å². The zero-order chi connectivity index (χ0) is 12.7. The van der Waals surface area contributed by atoms with Gasteiger partial charge in [-0.15, -0.1) is 0 Å². The van der Waals surface area contributed by atoms with Crippen LogP contribution in [0, 0.1) is 0 Å². The molecule has 3 heterocycles. The van der Waals surface area contributed by atoms with E-state index in [4.69, 9.17) is 10.5 Å². The molecule has 0 saturated carbocycles. The van der Waals surface area contributed by atoms with E-state index >= 15 is 0 Å². The number of rotatable bonds is 2. The lowest BCUT2D eigenvalue weighted by Crippen LogP contribution is -2.40. The number of esters is 1. The van der Waals surface area contributed by atoms with Gasteiger partial charge in [0.1, 0.15) is 5.82 Å². The average Bonchev–Trinajstić information content (AvgIpc) is 2.65. The number of fused-ring (bicyclic) bond motifs is 1. The molecule has 6 nitrogen and oxygen atoms in total. The van der Waals surface area contributed by atoms with Crippen LogP contribution in [0.25, 0.3) is 5.52 Å². The molecular weight excluding hydrogens is 232 g/mol.